The minimum atomic E-state index is -0.745. The van der Waals surface area contributed by atoms with E-state index in [1.807, 2.05) is 49.4 Å². The largest absolute Gasteiger partial charge is 0.481 e. The van der Waals surface area contributed by atoms with Gasteiger partial charge in [-0.25, -0.2) is 0 Å². The average molecular weight is 326 g/mol. The van der Waals surface area contributed by atoms with Gasteiger partial charge in [-0.3, -0.25) is 9.59 Å². The fourth-order valence-corrected chi connectivity index (χ4v) is 3.38. The van der Waals surface area contributed by atoms with Gasteiger partial charge in [-0.1, -0.05) is 43.3 Å². The van der Waals surface area contributed by atoms with Gasteiger partial charge < -0.3 is 15.3 Å². The van der Waals surface area contributed by atoms with Crippen molar-refractivity contribution in [2.24, 2.45) is 11.8 Å². The van der Waals surface area contributed by atoms with Gasteiger partial charge in [0.1, 0.15) is 0 Å². The Morgan fingerprint density at radius 1 is 1.17 bits per heavy atom. The van der Waals surface area contributed by atoms with E-state index in [4.69, 9.17) is 5.11 Å². The van der Waals surface area contributed by atoms with Crippen molar-refractivity contribution < 1.29 is 14.7 Å². The predicted octanol–water partition coefficient (Wildman–Crippen LogP) is 2.82. The van der Waals surface area contributed by atoms with Crippen molar-refractivity contribution in [2.75, 3.05) is 25.0 Å². The lowest BCUT2D eigenvalue weighted by atomic mass is 9.99. The summed E-state index contributed by atoms with van der Waals surface area (Å²) in [7, 11) is 0. The summed E-state index contributed by atoms with van der Waals surface area (Å²) in [5.41, 5.74) is 0.816. The van der Waals surface area contributed by atoms with E-state index in [1.165, 1.54) is 0 Å². The molecule has 1 fully saturated rings. The molecule has 1 saturated heterocycles. The van der Waals surface area contributed by atoms with Gasteiger partial charge in [0, 0.05) is 37.1 Å². The highest BCUT2D eigenvalue weighted by Crippen LogP contribution is 2.24. The Kier molecular flexibility index (Phi) is 4.81. The van der Waals surface area contributed by atoms with E-state index in [2.05, 4.69) is 10.2 Å². The summed E-state index contributed by atoms with van der Waals surface area (Å²) in [5.74, 6) is -0.988. The van der Waals surface area contributed by atoms with Gasteiger partial charge in [-0.15, -0.1) is 0 Å². The zero-order valence-electron chi connectivity index (χ0n) is 13.7. The first kappa shape index (κ1) is 16.5. The van der Waals surface area contributed by atoms with Crippen LogP contribution in [0, 0.1) is 11.8 Å². The third-order valence-electron chi connectivity index (χ3n) is 4.72. The highest BCUT2D eigenvalue weighted by Gasteiger charge is 2.34. The molecule has 0 aromatic heterocycles. The molecule has 1 aliphatic rings. The van der Waals surface area contributed by atoms with Crippen LogP contribution in [0.3, 0.4) is 0 Å². The number of likely N-dealkylation sites (tertiary alicyclic amines) is 1. The minimum absolute atomic E-state index is 0.0437. The number of fused-ring (bicyclic) bond motifs is 1. The molecule has 0 radical (unpaired) electrons. The van der Waals surface area contributed by atoms with Gasteiger partial charge in [0.15, 0.2) is 0 Å². The van der Waals surface area contributed by atoms with E-state index in [-0.39, 0.29) is 17.7 Å². The number of benzene rings is 2. The molecule has 2 atom stereocenters. The van der Waals surface area contributed by atoms with Crippen molar-refractivity contribution >= 4 is 28.3 Å². The summed E-state index contributed by atoms with van der Waals surface area (Å²) >= 11 is 0. The summed E-state index contributed by atoms with van der Waals surface area (Å²) in [6, 6.07) is 13.8. The molecule has 0 spiro atoms. The summed E-state index contributed by atoms with van der Waals surface area (Å²) in [6.45, 7) is 3.80. The van der Waals surface area contributed by atoms with Gasteiger partial charge in [0.05, 0.1) is 5.92 Å². The fraction of sp³-hybridized carbons (Fsp3) is 0.368. The van der Waals surface area contributed by atoms with Crippen LogP contribution in [0.1, 0.15) is 13.3 Å². The lowest BCUT2D eigenvalue weighted by Gasteiger charge is -2.15. The molecule has 0 bridgehead atoms. The van der Waals surface area contributed by atoms with Crippen LogP contribution >= 0.6 is 0 Å². The third-order valence-corrected chi connectivity index (χ3v) is 4.72. The maximum Gasteiger partial charge on any atom is 0.308 e. The van der Waals surface area contributed by atoms with Gasteiger partial charge in [0.25, 0.3) is 0 Å². The molecule has 0 unspecified atom stereocenters. The second-order valence-corrected chi connectivity index (χ2v) is 6.51. The second-order valence-electron chi connectivity index (χ2n) is 6.51. The summed E-state index contributed by atoms with van der Waals surface area (Å²) < 4.78 is 0. The molecular weight excluding hydrogens is 304 g/mol. The number of aliphatic carboxylic acids is 1. The Morgan fingerprint density at radius 3 is 2.67 bits per heavy atom. The molecule has 2 aromatic rings. The smallest absolute Gasteiger partial charge is 0.308 e. The Hall–Kier alpha value is -2.40. The number of nitrogens with one attached hydrogen (secondary N) is 1. The molecule has 5 heteroatoms. The number of amides is 1. The van der Waals surface area contributed by atoms with E-state index >= 15 is 0 Å². The molecule has 5 nitrogen and oxygen atoms in total. The van der Waals surface area contributed by atoms with Crippen LogP contribution in [0.2, 0.25) is 0 Å². The first-order valence-electron chi connectivity index (χ1n) is 8.27. The lowest BCUT2D eigenvalue weighted by Crippen LogP contribution is -2.27. The second kappa shape index (κ2) is 7.01. The van der Waals surface area contributed by atoms with Crippen LogP contribution in [0.25, 0.3) is 10.8 Å². The topological polar surface area (TPSA) is 69.6 Å². The van der Waals surface area contributed by atoms with Gasteiger partial charge >= 0.3 is 5.97 Å². The maximum absolute atomic E-state index is 12.3. The van der Waals surface area contributed by atoms with Gasteiger partial charge in [-0.2, -0.15) is 0 Å². The molecule has 1 aliphatic heterocycles. The number of carbonyl (C=O) groups is 2. The van der Waals surface area contributed by atoms with Crippen molar-refractivity contribution in [3.05, 3.63) is 42.5 Å². The molecule has 1 amide bonds. The molecule has 1 heterocycles. The highest BCUT2D eigenvalue weighted by atomic mass is 16.4. The van der Waals surface area contributed by atoms with E-state index in [0.717, 1.165) is 23.0 Å². The molecule has 126 valence electrons. The number of nitrogens with zero attached hydrogens (tertiary/aromatic N) is 1. The molecule has 2 N–H and O–H groups in total. The van der Waals surface area contributed by atoms with Crippen molar-refractivity contribution in [1.82, 2.24) is 4.90 Å². The Morgan fingerprint density at radius 2 is 1.92 bits per heavy atom. The monoisotopic (exact) mass is 326 g/mol. The van der Waals surface area contributed by atoms with Crippen LogP contribution in [-0.4, -0.2) is 41.5 Å². The normalized spacial score (nSPS) is 21.0. The van der Waals surface area contributed by atoms with Crippen molar-refractivity contribution in [2.45, 2.75) is 13.3 Å². The fourth-order valence-electron chi connectivity index (χ4n) is 3.38. The number of hydrogen-bond acceptors (Lipinski definition) is 3. The number of anilines is 1. The van der Waals surface area contributed by atoms with Crippen molar-refractivity contribution in [1.29, 1.82) is 0 Å². The number of carboxylic acid groups (broad SMARTS) is 1. The van der Waals surface area contributed by atoms with Crippen LogP contribution in [0.4, 0.5) is 5.69 Å². The number of carboxylic acids is 1. The third kappa shape index (κ3) is 3.57. The maximum atomic E-state index is 12.3. The van der Waals surface area contributed by atoms with Crippen LogP contribution in [-0.2, 0) is 9.59 Å². The quantitative estimate of drug-likeness (QED) is 0.886. The van der Waals surface area contributed by atoms with E-state index in [1.54, 1.807) is 0 Å². The molecule has 2 aromatic carbocycles. The Bertz CT molecular complexity index is 754. The van der Waals surface area contributed by atoms with Crippen molar-refractivity contribution in [3.8, 4) is 0 Å². The predicted molar refractivity (Wildman–Crippen MR) is 93.9 cm³/mol. The molecule has 24 heavy (non-hydrogen) atoms. The number of rotatable bonds is 5. The highest BCUT2D eigenvalue weighted by molar-refractivity contribution is 6.02. The summed E-state index contributed by atoms with van der Waals surface area (Å²) in [4.78, 5) is 25.5. The van der Waals surface area contributed by atoms with Crippen molar-refractivity contribution in [3.63, 3.8) is 0 Å². The van der Waals surface area contributed by atoms with Crippen LogP contribution < -0.4 is 5.32 Å². The molecular formula is C19H22N2O3. The van der Waals surface area contributed by atoms with Crippen LogP contribution in [0.15, 0.2) is 42.5 Å². The Labute approximate surface area is 141 Å². The van der Waals surface area contributed by atoms with Crippen LogP contribution in [0.5, 0.6) is 0 Å². The van der Waals surface area contributed by atoms with E-state index in [0.29, 0.717) is 19.5 Å². The van der Waals surface area contributed by atoms with Gasteiger partial charge in [0.2, 0.25) is 5.91 Å². The molecule has 0 saturated carbocycles. The number of carbonyl (C=O) groups excluding carboxylic acids is 1. The van der Waals surface area contributed by atoms with Gasteiger partial charge in [-0.05, 0) is 17.4 Å². The summed E-state index contributed by atoms with van der Waals surface area (Å²) in [6.07, 6.45) is 0.363. The van der Waals surface area contributed by atoms with E-state index in [9.17, 15) is 9.59 Å². The standard InChI is InChI=1S/C19H22N2O3/c1-13-11-21(12-16(13)19(23)24)10-9-18(22)20-17-8-4-6-14-5-2-3-7-15(14)17/h2-8,13,16H,9-12H2,1H3,(H,20,22)(H,23,24)/t13-,16-/m1/s1. The first-order valence-corrected chi connectivity index (χ1v) is 8.27. The Balaban J connectivity index is 1.57. The first-order chi connectivity index (χ1) is 11.5. The zero-order valence-corrected chi connectivity index (χ0v) is 13.7. The number of hydrogen-bond donors (Lipinski definition) is 2. The summed E-state index contributed by atoms with van der Waals surface area (Å²) in [5, 5.41) is 14.3. The zero-order chi connectivity index (χ0) is 17.1. The lowest BCUT2D eigenvalue weighted by molar-refractivity contribution is -0.142. The minimum Gasteiger partial charge on any atom is -0.481 e. The van der Waals surface area contributed by atoms with E-state index < -0.39 is 5.97 Å². The average Bonchev–Trinajstić information content (AvgIpc) is 2.94. The molecule has 3 rings (SSSR count). The molecule has 0 aliphatic carbocycles. The SMILES string of the molecule is C[C@@H]1CN(CCC(=O)Nc2cccc3ccccc23)C[C@H]1C(=O)O.